The van der Waals surface area contributed by atoms with Crippen molar-refractivity contribution in [1.82, 2.24) is 0 Å². The largest absolute Gasteiger partial charge is 0.550 e. The highest BCUT2D eigenvalue weighted by atomic mass is 31.2. The fraction of sp³-hybridized carbons (Fsp3) is 0.533. The van der Waals surface area contributed by atoms with Gasteiger partial charge in [0.1, 0.15) is 0 Å². The molecule has 1 aromatic carbocycles. The Kier molecular flexibility index (Phi) is 5.81. The van der Waals surface area contributed by atoms with Gasteiger partial charge in [-0.2, -0.15) is 0 Å². The molecular formula is C15H23O2P. The lowest BCUT2D eigenvalue weighted by atomic mass is 10.1. The van der Waals surface area contributed by atoms with Gasteiger partial charge in [-0.05, 0) is 26.3 Å². The van der Waals surface area contributed by atoms with E-state index in [4.69, 9.17) is 0 Å². The third-order valence-corrected chi connectivity index (χ3v) is 9.68. The molecule has 100 valence electrons. The third kappa shape index (κ3) is 3.32. The van der Waals surface area contributed by atoms with Crippen LogP contribution in [0, 0.1) is 0 Å². The lowest BCUT2D eigenvalue weighted by Gasteiger charge is -2.33. The van der Waals surface area contributed by atoms with Gasteiger partial charge in [-0.15, -0.1) is 0 Å². The summed E-state index contributed by atoms with van der Waals surface area (Å²) < 4.78 is 0. The molecule has 0 aliphatic rings. The average Bonchev–Trinajstić information content (AvgIpc) is 2.40. The molecule has 1 aromatic rings. The molecule has 0 bridgehead atoms. The minimum absolute atomic E-state index is 0.156. The van der Waals surface area contributed by atoms with Crippen molar-refractivity contribution < 1.29 is 9.90 Å². The summed E-state index contributed by atoms with van der Waals surface area (Å²) in [7, 11) is -1.25. The van der Waals surface area contributed by atoms with Crippen LogP contribution in [0.1, 0.15) is 38.4 Å². The molecule has 0 aliphatic heterocycles. The zero-order valence-corrected chi connectivity index (χ0v) is 12.5. The average molecular weight is 266 g/mol. The second-order valence-corrected chi connectivity index (χ2v) is 9.63. The Balaban J connectivity index is 3.15. The molecule has 0 aromatic heterocycles. The first-order valence-electron chi connectivity index (χ1n) is 6.70. The molecule has 2 nitrogen and oxygen atoms in total. The van der Waals surface area contributed by atoms with Crippen molar-refractivity contribution in [2.75, 3.05) is 18.5 Å². The fourth-order valence-corrected chi connectivity index (χ4v) is 6.80. The van der Waals surface area contributed by atoms with Crippen molar-refractivity contribution in [2.45, 2.75) is 32.9 Å². The van der Waals surface area contributed by atoms with Gasteiger partial charge in [-0.3, -0.25) is 0 Å². The van der Waals surface area contributed by atoms with Crippen LogP contribution in [-0.2, 0) is 4.79 Å². The number of aliphatic carboxylic acids is 1. The second kappa shape index (κ2) is 6.89. The molecular weight excluding hydrogens is 243 g/mol. The monoisotopic (exact) mass is 266 g/mol. The summed E-state index contributed by atoms with van der Waals surface area (Å²) >= 11 is 0. The molecule has 0 saturated carbocycles. The van der Waals surface area contributed by atoms with Crippen molar-refractivity contribution in [3.63, 3.8) is 0 Å². The predicted molar refractivity (Wildman–Crippen MR) is 77.4 cm³/mol. The molecule has 0 aliphatic carbocycles. The second-order valence-electron chi connectivity index (χ2n) is 4.67. The van der Waals surface area contributed by atoms with E-state index in [0.29, 0.717) is 0 Å². The lowest BCUT2D eigenvalue weighted by molar-refractivity contribution is -0.305. The lowest BCUT2D eigenvalue weighted by Crippen LogP contribution is -2.26. The number of carboxylic acid groups (broad SMARTS) is 1. The number of hydrogen-bond donors (Lipinski definition) is 0. The summed E-state index contributed by atoms with van der Waals surface area (Å²) in [5.74, 6) is -0.927. The van der Waals surface area contributed by atoms with Crippen LogP contribution in [0.5, 0.6) is 0 Å². The first-order chi connectivity index (χ1) is 8.59. The van der Waals surface area contributed by atoms with E-state index in [2.05, 4.69) is 32.9 Å². The van der Waals surface area contributed by atoms with Gasteiger partial charge in [0.2, 0.25) is 0 Å². The van der Waals surface area contributed by atoms with Crippen LogP contribution in [0.15, 0.2) is 30.3 Å². The maximum atomic E-state index is 11.1. The van der Waals surface area contributed by atoms with E-state index in [1.54, 1.807) is 0 Å². The van der Waals surface area contributed by atoms with Crippen LogP contribution < -0.4 is 5.11 Å². The molecule has 0 N–H and O–H groups in total. The van der Waals surface area contributed by atoms with Crippen LogP contribution >= 0.6 is 7.26 Å². The topological polar surface area (TPSA) is 40.1 Å². The van der Waals surface area contributed by atoms with E-state index in [1.807, 2.05) is 18.2 Å². The Bertz CT molecular complexity index is 363. The van der Waals surface area contributed by atoms with E-state index >= 15 is 0 Å². The summed E-state index contributed by atoms with van der Waals surface area (Å²) in [6, 6.07) is 10.1. The number of rotatable bonds is 7. The minimum Gasteiger partial charge on any atom is -0.550 e. The van der Waals surface area contributed by atoms with Gasteiger partial charge in [-0.1, -0.05) is 30.3 Å². The molecule has 0 heterocycles. The van der Waals surface area contributed by atoms with Crippen LogP contribution in [0.3, 0.4) is 0 Å². The van der Waals surface area contributed by atoms with E-state index in [0.717, 1.165) is 18.5 Å². The zero-order chi connectivity index (χ0) is 13.6. The molecule has 18 heavy (non-hydrogen) atoms. The first kappa shape index (κ1) is 15.2. The van der Waals surface area contributed by atoms with Gasteiger partial charge in [-0.25, -0.2) is 0 Å². The van der Waals surface area contributed by atoms with Crippen LogP contribution in [0.2, 0.25) is 0 Å². The molecule has 1 rings (SSSR count). The third-order valence-electron chi connectivity index (χ3n) is 4.09. The van der Waals surface area contributed by atoms with Gasteiger partial charge in [0, 0.05) is 19.7 Å². The molecule has 0 radical (unpaired) electrons. The van der Waals surface area contributed by atoms with Gasteiger partial charge < -0.3 is 9.90 Å². The van der Waals surface area contributed by atoms with E-state index < -0.39 is 13.2 Å². The quantitative estimate of drug-likeness (QED) is 0.712. The molecule has 0 fully saturated rings. The normalized spacial score (nSPS) is 13.3. The molecule has 3 heteroatoms. The minimum atomic E-state index is -1.25. The Morgan fingerprint density at radius 1 is 1.11 bits per heavy atom. The Labute approximate surface area is 111 Å². The van der Waals surface area contributed by atoms with Crippen molar-refractivity contribution in [3.05, 3.63) is 35.9 Å². The first-order valence-corrected chi connectivity index (χ1v) is 9.11. The van der Waals surface area contributed by atoms with E-state index in [-0.39, 0.29) is 12.1 Å². The summed E-state index contributed by atoms with van der Waals surface area (Å²) in [6.07, 6.45) is 3.47. The standard InChI is InChI=1S/C15H23O2P/c1-4-18(5-2,6-3)14(12-15(16)17)13-10-8-7-9-11-13/h7-11,14H,4-6,12H2,1-3H3. The summed E-state index contributed by atoms with van der Waals surface area (Å²) in [4.78, 5) is 11.1. The number of carboxylic acids is 1. The highest BCUT2D eigenvalue weighted by Gasteiger charge is 2.41. The van der Waals surface area contributed by atoms with Gasteiger partial charge in [0.05, 0.1) is 24.1 Å². The van der Waals surface area contributed by atoms with Crippen LogP contribution in [0.25, 0.3) is 0 Å². The van der Waals surface area contributed by atoms with Crippen LogP contribution in [-0.4, -0.2) is 24.5 Å². The number of benzene rings is 1. The van der Waals surface area contributed by atoms with Gasteiger partial charge >= 0.3 is 0 Å². The van der Waals surface area contributed by atoms with Crippen molar-refractivity contribution in [1.29, 1.82) is 0 Å². The molecule has 0 amide bonds. The van der Waals surface area contributed by atoms with Crippen molar-refractivity contribution in [2.24, 2.45) is 0 Å². The van der Waals surface area contributed by atoms with Gasteiger partial charge in [0.15, 0.2) is 0 Å². The zero-order valence-electron chi connectivity index (χ0n) is 11.6. The molecule has 0 saturated heterocycles. The fourth-order valence-electron chi connectivity index (χ4n) is 2.79. The van der Waals surface area contributed by atoms with E-state index in [1.165, 1.54) is 5.56 Å². The summed E-state index contributed by atoms with van der Waals surface area (Å²) in [5.41, 5.74) is 1.32. The Morgan fingerprint density at radius 2 is 1.61 bits per heavy atom. The highest BCUT2D eigenvalue weighted by Crippen LogP contribution is 2.70. The number of hydrogen-bond acceptors (Lipinski definition) is 2. The van der Waals surface area contributed by atoms with Crippen LogP contribution in [0.4, 0.5) is 0 Å². The number of carbonyl (C=O) groups excluding carboxylic acids is 1. The molecule has 1 unspecified atom stereocenters. The van der Waals surface area contributed by atoms with Gasteiger partial charge in [0.25, 0.3) is 0 Å². The number of carbonyl (C=O) groups is 1. The highest BCUT2D eigenvalue weighted by molar-refractivity contribution is 7.76. The molecule has 0 spiro atoms. The van der Waals surface area contributed by atoms with E-state index in [9.17, 15) is 9.90 Å². The molecule has 1 atom stereocenters. The SMILES string of the molecule is CC[P+](CC)(CC)C(CC(=O)[O-])c1ccccc1. The van der Waals surface area contributed by atoms with Crippen molar-refractivity contribution in [3.8, 4) is 0 Å². The summed E-state index contributed by atoms with van der Waals surface area (Å²) in [6.45, 7) is 6.60. The Hall–Kier alpha value is -0.880. The maximum Gasteiger partial charge on any atom is 0.0996 e. The maximum absolute atomic E-state index is 11.1. The predicted octanol–water partition coefficient (Wildman–Crippen LogP) is 2.95. The Morgan fingerprint density at radius 3 is 2.00 bits per heavy atom. The van der Waals surface area contributed by atoms with Crippen molar-refractivity contribution >= 4 is 13.2 Å². The summed E-state index contributed by atoms with van der Waals surface area (Å²) in [5, 5.41) is 11.1. The smallest absolute Gasteiger partial charge is 0.0996 e.